The van der Waals surface area contributed by atoms with Crippen molar-refractivity contribution in [1.29, 1.82) is 0 Å². The van der Waals surface area contributed by atoms with Gasteiger partial charge in [-0.3, -0.25) is 4.79 Å². The first-order valence-electron chi connectivity index (χ1n) is 5.43. The van der Waals surface area contributed by atoms with Gasteiger partial charge in [-0.15, -0.1) is 0 Å². The van der Waals surface area contributed by atoms with Crippen LogP contribution < -0.4 is 4.80 Å². The summed E-state index contributed by atoms with van der Waals surface area (Å²) in [5.41, 5.74) is 1.06. The summed E-state index contributed by atoms with van der Waals surface area (Å²) >= 11 is 1.48. The standard InChI is InChI=1S/C13H10N2O2S/c1-15-9-5-2-3-7-11(9)18-13(15)14-12(16)10-6-4-8-17-10/h2-8H,1H3. The van der Waals surface area contributed by atoms with E-state index in [1.807, 2.05) is 35.9 Å². The Hall–Kier alpha value is -2.14. The van der Waals surface area contributed by atoms with E-state index in [-0.39, 0.29) is 11.7 Å². The number of aromatic nitrogens is 1. The fourth-order valence-corrected chi connectivity index (χ4v) is 2.75. The monoisotopic (exact) mass is 258 g/mol. The van der Waals surface area contributed by atoms with E-state index in [2.05, 4.69) is 4.99 Å². The molecule has 90 valence electrons. The van der Waals surface area contributed by atoms with Crippen molar-refractivity contribution in [3.63, 3.8) is 0 Å². The van der Waals surface area contributed by atoms with E-state index in [0.29, 0.717) is 4.80 Å². The Morgan fingerprint density at radius 3 is 2.83 bits per heavy atom. The highest BCUT2D eigenvalue weighted by molar-refractivity contribution is 7.16. The lowest BCUT2D eigenvalue weighted by Crippen LogP contribution is -2.12. The summed E-state index contributed by atoms with van der Waals surface area (Å²) in [6.45, 7) is 0. The third-order valence-electron chi connectivity index (χ3n) is 2.64. The van der Waals surface area contributed by atoms with Gasteiger partial charge in [0.05, 0.1) is 16.5 Å². The van der Waals surface area contributed by atoms with Gasteiger partial charge in [0, 0.05) is 7.05 Å². The number of amides is 1. The number of rotatable bonds is 1. The third-order valence-corrected chi connectivity index (χ3v) is 3.76. The molecule has 5 heteroatoms. The number of carbonyl (C=O) groups excluding carboxylic acids is 1. The first-order valence-corrected chi connectivity index (χ1v) is 6.24. The second-order valence-corrected chi connectivity index (χ2v) is 4.81. The molecular weight excluding hydrogens is 248 g/mol. The van der Waals surface area contributed by atoms with Crippen LogP contribution in [0.5, 0.6) is 0 Å². The molecule has 3 rings (SSSR count). The smallest absolute Gasteiger partial charge is 0.315 e. The fraction of sp³-hybridized carbons (Fsp3) is 0.0769. The summed E-state index contributed by atoms with van der Waals surface area (Å²) < 4.78 is 8.04. The van der Waals surface area contributed by atoms with E-state index >= 15 is 0 Å². The zero-order valence-corrected chi connectivity index (χ0v) is 10.5. The largest absolute Gasteiger partial charge is 0.459 e. The molecule has 1 amide bonds. The Kier molecular flexibility index (Phi) is 2.60. The lowest BCUT2D eigenvalue weighted by molar-refractivity contribution is 0.0971. The molecule has 1 aromatic carbocycles. The number of nitrogens with zero attached hydrogens (tertiary/aromatic N) is 2. The molecule has 0 N–H and O–H groups in total. The van der Waals surface area contributed by atoms with Crippen LogP contribution in [-0.2, 0) is 7.05 Å². The second-order valence-electron chi connectivity index (χ2n) is 3.81. The van der Waals surface area contributed by atoms with Gasteiger partial charge < -0.3 is 8.98 Å². The van der Waals surface area contributed by atoms with Gasteiger partial charge in [-0.25, -0.2) is 0 Å². The van der Waals surface area contributed by atoms with Crippen LogP contribution in [0.2, 0.25) is 0 Å². The quantitative estimate of drug-likeness (QED) is 0.673. The molecule has 2 aromatic heterocycles. The lowest BCUT2D eigenvalue weighted by atomic mass is 10.3. The second kappa shape index (κ2) is 4.27. The summed E-state index contributed by atoms with van der Waals surface area (Å²) in [6.07, 6.45) is 1.47. The van der Waals surface area contributed by atoms with Crippen molar-refractivity contribution < 1.29 is 9.21 Å². The molecule has 3 aromatic rings. The summed E-state index contributed by atoms with van der Waals surface area (Å²) in [7, 11) is 1.90. The van der Waals surface area contributed by atoms with Crippen molar-refractivity contribution in [2.45, 2.75) is 0 Å². The molecule has 0 fully saturated rings. The maximum atomic E-state index is 11.8. The Bertz CT molecular complexity index is 766. The number of para-hydroxylation sites is 1. The van der Waals surface area contributed by atoms with E-state index in [1.165, 1.54) is 17.6 Å². The number of furan rings is 1. The Balaban J connectivity index is 2.15. The first-order chi connectivity index (χ1) is 8.75. The minimum Gasteiger partial charge on any atom is -0.459 e. The Morgan fingerprint density at radius 2 is 2.11 bits per heavy atom. The number of fused-ring (bicyclic) bond motifs is 1. The molecule has 0 atom stereocenters. The molecule has 0 aliphatic heterocycles. The Labute approximate surface area is 107 Å². The van der Waals surface area contributed by atoms with Crippen LogP contribution in [0, 0.1) is 0 Å². The summed E-state index contributed by atoms with van der Waals surface area (Å²) in [6, 6.07) is 11.2. The van der Waals surface area contributed by atoms with Crippen LogP contribution in [0.3, 0.4) is 0 Å². The Morgan fingerprint density at radius 1 is 1.28 bits per heavy atom. The van der Waals surface area contributed by atoms with Gasteiger partial charge in [0.1, 0.15) is 0 Å². The van der Waals surface area contributed by atoms with Crippen molar-refractivity contribution >= 4 is 27.5 Å². The minimum atomic E-state index is -0.359. The predicted octanol–water partition coefficient (Wildman–Crippen LogP) is 2.57. The summed E-state index contributed by atoms with van der Waals surface area (Å²) in [5, 5.41) is 0. The maximum absolute atomic E-state index is 11.8. The molecule has 4 nitrogen and oxygen atoms in total. The van der Waals surface area contributed by atoms with Crippen molar-refractivity contribution in [2.75, 3.05) is 0 Å². The van der Waals surface area contributed by atoms with Gasteiger partial charge in [0.25, 0.3) is 0 Å². The average molecular weight is 258 g/mol. The maximum Gasteiger partial charge on any atom is 0.315 e. The topological polar surface area (TPSA) is 47.5 Å². The van der Waals surface area contributed by atoms with Gasteiger partial charge in [-0.05, 0) is 24.3 Å². The molecule has 0 bridgehead atoms. The zero-order valence-electron chi connectivity index (χ0n) is 9.66. The first kappa shape index (κ1) is 11.0. The predicted molar refractivity (Wildman–Crippen MR) is 69.4 cm³/mol. The molecule has 2 heterocycles. The van der Waals surface area contributed by atoms with Crippen LogP contribution in [-0.4, -0.2) is 10.5 Å². The highest BCUT2D eigenvalue weighted by Gasteiger charge is 2.08. The third kappa shape index (κ3) is 1.78. The van der Waals surface area contributed by atoms with Crippen LogP contribution in [0.15, 0.2) is 52.1 Å². The number of carbonyl (C=O) groups is 1. The van der Waals surface area contributed by atoms with Crippen LogP contribution in [0.4, 0.5) is 0 Å². The molecule has 0 aliphatic rings. The fourth-order valence-electron chi connectivity index (χ4n) is 1.73. The molecule has 0 spiro atoms. The molecule has 18 heavy (non-hydrogen) atoms. The molecular formula is C13H10N2O2S. The zero-order chi connectivity index (χ0) is 12.5. The van der Waals surface area contributed by atoms with Gasteiger partial charge in [0.2, 0.25) is 0 Å². The van der Waals surface area contributed by atoms with E-state index < -0.39 is 0 Å². The van der Waals surface area contributed by atoms with E-state index in [0.717, 1.165) is 10.2 Å². The van der Waals surface area contributed by atoms with Crippen LogP contribution >= 0.6 is 11.3 Å². The molecule has 0 aliphatic carbocycles. The van der Waals surface area contributed by atoms with Gasteiger partial charge in [0.15, 0.2) is 10.6 Å². The number of aryl methyl sites for hydroxylation is 1. The van der Waals surface area contributed by atoms with Gasteiger partial charge in [-0.1, -0.05) is 23.5 Å². The highest BCUT2D eigenvalue weighted by Crippen LogP contribution is 2.15. The van der Waals surface area contributed by atoms with E-state index in [4.69, 9.17) is 4.42 Å². The SMILES string of the molecule is Cn1c(=NC(=O)c2ccco2)sc2ccccc21. The normalized spacial score (nSPS) is 12.2. The van der Waals surface area contributed by atoms with Crippen molar-refractivity contribution in [1.82, 2.24) is 4.57 Å². The lowest BCUT2D eigenvalue weighted by Gasteiger charge is -1.93. The summed E-state index contributed by atoms with van der Waals surface area (Å²) in [5.74, 6) is -0.102. The van der Waals surface area contributed by atoms with Crippen LogP contribution in [0.1, 0.15) is 10.6 Å². The highest BCUT2D eigenvalue weighted by atomic mass is 32.1. The number of benzene rings is 1. The number of hydrogen-bond acceptors (Lipinski definition) is 3. The van der Waals surface area contributed by atoms with Gasteiger partial charge >= 0.3 is 5.91 Å². The molecule has 0 unspecified atom stereocenters. The summed E-state index contributed by atoms with van der Waals surface area (Å²) in [4.78, 5) is 16.6. The average Bonchev–Trinajstić information content (AvgIpc) is 3.00. The van der Waals surface area contributed by atoms with Crippen molar-refractivity contribution in [2.24, 2.45) is 12.0 Å². The van der Waals surface area contributed by atoms with E-state index in [1.54, 1.807) is 12.1 Å². The van der Waals surface area contributed by atoms with Crippen LogP contribution in [0.25, 0.3) is 10.2 Å². The molecule has 0 saturated carbocycles. The van der Waals surface area contributed by atoms with Gasteiger partial charge in [-0.2, -0.15) is 4.99 Å². The van der Waals surface area contributed by atoms with E-state index in [9.17, 15) is 4.79 Å². The van der Waals surface area contributed by atoms with Crippen molar-refractivity contribution in [3.05, 3.63) is 53.2 Å². The molecule has 0 radical (unpaired) electrons. The molecule has 0 saturated heterocycles. The van der Waals surface area contributed by atoms with Crippen molar-refractivity contribution in [3.8, 4) is 0 Å². The number of hydrogen-bond donors (Lipinski definition) is 0. The minimum absolute atomic E-state index is 0.257. The number of thiazole rings is 1.